The third-order valence-electron chi connectivity index (χ3n) is 2.96. The first kappa shape index (κ1) is 18.7. The second kappa shape index (κ2) is 10.4. The monoisotopic (exact) mass is 320 g/mol. The van der Waals surface area contributed by atoms with Gasteiger partial charge in [0.05, 0.1) is 13.1 Å². The van der Waals surface area contributed by atoms with Crippen molar-refractivity contribution < 1.29 is 19.0 Å². The van der Waals surface area contributed by atoms with E-state index >= 15 is 0 Å². The maximum Gasteiger partial charge on any atom is 0.259 e. The van der Waals surface area contributed by atoms with Gasteiger partial charge in [0.2, 0.25) is 17.7 Å². The number of nitrogens with one attached hydrogen (secondary N) is 3. The van der Waals surface area contributed by atoms with E-state index in [1.54, 1.807) is 0 Å². The summed E-state index contributed by atoms with van der Waals surface area (Å²) < 4.78 is 4.70. The van der Waals surface area contributed by atoms with Crippen LogP contribution in [0.2, 0.25) is 0 Å². The molecule has 9 heteroatoms. The molecule has 0 radical (unpaired) electrons. The summed E-state index contributed by atoms with van der Waals surface area (Å²) in [6.07, 6.45) is 0.304. The van der Waals surface area contributed by atoms with Crippen LogP contribution in [-0.2, 0) is 25.5 Å². The van der Waals surface area contributed by atoms with Crippen LogP contribution < -0.4 is 21.7 Å². The first-order valence-electron chi connectivity index (χ1n) is 7.13. The van der Waals surface area contributed by atoms with E-state index < -0.39 is 17.9 Å². The molecule has 1 rings (SSSR count). The van der Waals surface area contributed by atoms with Gasteiger partial charge in [0, 0.05) is 6.42 Å². The molecule has 0 saturated carbocycles. The SMILES string of the molecule is BOCNC(=O)CNC(=O)C(Cc1ccccc1)NC(=O)CN. The Morgan fingerprint density at radius 1 is 1.13 bits per heavy atom. The van der Waals surface area contributed by atoms with E-state index in [-0.39, 0.29) is 25.7 Å². The minimum absolute atomic E-state index is 0.0616. The highest BCUT2D eigenvalue weighted by Gasteiger charge is 2.21. The van der Waals surface area contributed by atoms with Gasteiger partial charge >= 0.3 is 0 Å². The van der Waals surface area contributed by atoms with Crippen LogP contribution in [0, 0.1) is 0 Å². The van der Waals surface area contributed by atoms with Crippen LogP contribution in [-0.4, -0.2) is 51.6 Å². The minimum atomic E-state index is -0.802. The Morgan fingerprint density at radius 2 is 1.83 bits per heavy atom. The molecule has 1 unspecified atom stereocenters. The molecule has 23 heavy (non-hydrogen) atoms. The summed E-state index contributed by atoms with van der Waals surface area (Å²) in [5.74, 6) is -1.28. The lowest BCUT2D eigenvalue weighted by atomic mass is 10.1. The van der Waals surface area contributed by atoms with Crippen molar-refractivity contribution in [3.05, 3.63) is 35.9 Å². The third kappa shape index (κ3) is 7.43. The summed E-state index contributed by atoms with van der Waals surface area (Å²) in [5, 5.41) is 7.47. The molecule has 0 aliphatic rings. The standard InChI is InChI=1S/C14H21BN4O4/c15-23-9-18-13(21)8-17-14(22)11(19-12(20)7-16)6-10-4-2-1-3-5-10/h1-5,11H,6-9,15-16H2,(H,17,22)(H,18,21)(H,19,20). The molecule has 0 spiro atoms. The first-order chi connectivity index (χ1) is 11.1. The fourth-order valence-corrected chi connectivity index (χ4v) is 1.82. The minimum Gasteiger partial charge on any atom is -0.428 e. The van der Waals surface area contributed by atoms with Crippen molar-refractivity contribution in [3.63, 3.8) is 0 Å². The molecule has 124 valence electrons. The Hall–Kier alpha value is -2.39. The van der Waals surface area contributed by atoms with Crippen molar-refractivity contribution in [2.45, 2.75) is 12.5 Å². The van der Waals surface area contributed by atoms with Gasteiger partial charge in [-0.1, -0.05) is 30.3 Å². The fraction of sp³-hybridized carbons (Fsp3) is 0.357. The van der Waals surface area contributed by atoms with Crippen molar-refractivity contribution in [2.75, 3.05) is 19.8 Å². The normalized spacial score (nSPS) is 11.3. The number of nitrogens with two attached hydrogens (primary N) is 1. The summed E-state index contributed by atoms with van der Waals surface area (Å²) in [6.45, 7) is -0.356. The molecule has 5 N–H and O–H groups in total. The lowest BCUT2D eigenvalue weighted by Gasteiger charge is -2.18. The molecule has 0 aliphatic heterocycles. The van der Waals surface area contributed by atoms with E-state index in [2.05, 4.69) is 16.0 Å². The van der Waals surface area contributed by atoms with Gasteiger partial charge in [-0.15, -0.1) is 0 Å². The van der Waals surface area contributed by atoms with Gasteiger partial charge in [-0.3, -0.25) is 14.4 Å². The molecular formula is C14H21BN4O4. The zero-order valence-corrected chi connectivity index (χ0v) is 13.0. The third-order valence-corrected chi connectivity index (χ3v) is 2.96. The molecule has 8 nitrogen and oxygen atoms in total. The predicted octanol–water partition coefficient (Wildman–Crippen LogP) is -2.57. The van der Waals surface area contributed by atoms with Crippen molar-refractivity contribution in [2.24, 2.45) is 5.73 Å². The van der Waals surface area contributed by atoms with E-state index in [0.717, 1.165) is 5.56 Å². The van der Waals surface area contributed by atoms with Crippen LogP contribution in [0.15, 0.2) is 30.3 Å². The van der Waals surface area contributed by atoms with Crippen LogP contribution in [0.5, 0.6) is 0 Å². The number of amides is 3. The smallest absolute Gasteiger partial charge is 0.259 e. The van der Waals surface area contributed by atoms with Crippen molar-refractivity contribution in [3.8, 4) is 0 Å². The summed E-state index contributed by atoms with van der Waals surface area (Å²) in [5.41, 5.74) is 6.15. The summed E-state index contributed by atoms with van der Waals surface area (Å²) >= 11 is 0. The maximum atomic E-state index is 12.2. The highest BCUT2D eigenvalue weighted by molar-refractivity contribution is 5.98. The van der Waals surface area contributed by atoms with Gasteiger partial charge in [-0.05, 0) is 5.56 Å². The van der Waals surface area contributed by atoms with Gasteiger partial charge in [0.25, 0.3) is 8.05 Å². The number of hydrogen-bond acceptors (Lipinski definition) is 5. The second-order valence-electron chi connectivity index (χ2n) is 4.76. The lowest BCUT2D eigenvalue weighted by Crippen LogP contribution is -2.51. The molecule has 3 amide bonds. The molecule has 0 aromatic heterocycles. The topological polar surface area (TPSA) is 123 Å². The van der Waals surface area contributed by atoms with E-state index in [9.17, 15) is 14.4 Å². The molecule has 0 aliphatic carbocycles. The predicted molar refractivity (Wildman–Crippen MR) is 86.8 cm³/mol. The lowest BCUT2D eigenvalue weighted by molar-refractivity contribution is -0.130. The molecule has 1 atom stereocenters. The summed E-state index contributed by atoms with van der Waals surface area (Å²) in [7, 11) is 1.44. The highest BCUT2D eigenvalue weighted by atomic mass is 16.4. The molecule has 0 saturated heterocycles. The van der Waals surface area contributed by atoms with Crippen molar-refractivity contribution >= 4 is 25.8 Å². The largest absolute Gasteiger partial charge is 0.428 e. The Bertz CT molecular complexity index is 527. The van der Waals surface area contributed by atoms with Gasteiger partial charge in [0.1, 0.15) is 12.8 Å². The molecule has 0 fully saturated rings. The van der Waals surface area contributed by atoms with Crippen molar-refractivity contribution in [1.82, 2.24) is 16.0 Å². The Balaban J connectivity index is 2.61. The zero-order valence-electron chi connectivity index (χ0n) is 13.0. The zero-order chi connectivity index (χ0) is 17.1. The van der Waals surface area contributed by atoms with E-state index in [1.165, 1.54) is 8.05 Å². The molecule has 0 heterocycles. The molecule has 0 bridgehead atoms. The molecule has 1 aromatic rings. The molecular weight excluding hydrogens is 299 g/mol. The number of carbonyl (C=O) groups is 3. The van der Waals surface area contributed by atoms with Crippen LogP contribution in [0.4, 0.5) is 0 Å². The van der Waals surface area contributed by atoms with Crippen LogP contribution in [0.25, 0.3) is 0 Å². The number of carbonyl (C=O) groups excluding carboxylic acids is 3. The van der Waals surface area contributed by atoms with Gasteiger partial charge in [0.15, 0.2) is 0 Å². The molecule has 1 aromatic carbocycles. The number of hydrogen-bond donors (Lipinski definition) is 4. The Kier molecular flexibility index (Phi) is 8.41. The van der Waals surface area contributed by atoms with Crippen LogP contribution in [0.1, 0.15) is 5.56 Å². The quantitative estimate of drug-likeness (QED) is 0.294. The van der Waals surface area contributed by atoms with E-state index in [4.69, 9.17) is 10.4 Å². The number of rotatable bonds is 9. The van der Waals surface area contributed by atoms with Crippen LogP contribution in [0.3, 0.4) is 0 Å². The van der Waals surface area contributed by atoms with Gasteiger partial charge in [-0.2, -0.15) is 0 Å². The Labute approximate surface area is 135 Å². The maximum absolute atomic E-state index is 12.2. The summed E-state index contributed by atoms with van der Waals surface area (Å²) in [6, 6.07) is 8.43. The van der Waals surface area contributed by atoms with Crippen molar-refractivity contribution in [1.29, 1.82) is 0 Å². The number of benzene rings is 1. The van der Waals surface area contributed by atoms with Gasteiger partial charge < -0.3 is 26.3 Å². The first-order valence-corrected chi connectivity index (χ1v) is 7.13. The average molecular weight is 320 g/mol. The Morgan fingerprint density at radius 3 is 2.43 bits per heavy atom. The highest BCUT2D eigenvalue weighted by Crippen LogP contribution is 2.03. The summed E-state index contributed by atoms with van der Waals surface area (Å²) in [4.78, 5) is 35.1. The average Bonchev–Trinajstić information content (AvgIpc) is 2.57. The van der Waals surface area contributed by atoms with E-state index in [0.29, 0.717) is 6.42 Å². The van der Waals surface area contributed by atoms with Gasteiger partial charge in [-0.25, -0.2) is 0 Å². The fourth-order valence-electron chi connectivity index (χ4n) is 1.82. The van der Waals surface area contributed by atoms with Crippen LogP contribution >= 0.6 is 0 Å². The van der Waals surface area contributed by atoms with E-state index in [1.807, 2.05) is 30.3 Å². The second-order valence-corrected chi connectivity index (χ2v) is 4.76.